The van der Waals surface area contributed by atoms with E-state index in [4.69, 9.17) is 9.47 Å². The van der Waals surface area contributed by atoms with Crippen molar-refractivity contribution in [1.29, 1.82) is 0 Å². The molecule has 23 heavy (non-hydrogen) atoms. The van der Waals surface area contributed by atoms with Gasteiger partial charge in [-0.15, -0.1) is 0 Å². The summed E-state index contributed by atoms with van der Waals surface area (Å²) in [5.41, 5.74) is 1.59. The van der Waals surface area contributed by atoms with Crippen LogP contribution in [-0.4, -0.2) is 24.8 Å². The highest BCUT2D eigenvalue weighted by Crippen LogP contribution is 2.30. The average Bonchev–Trinajstić information content (AvgIpc) is 2.53. The zero-order chi connectivity index (χ0) is 16.8. The van der Waals surface area contributed by atoms with E-state index in [2.05, 4.69) is 0 Å². The van der Waals surface area contributed by atoms with Gasteiger partial charge in [-0.2, -0.15) is 0 Å². The maximum Gasteiger partial charge on any atom is 0.311 e. The van der Waals surface area contributed by atoms with Crippen LogP contribution in [0, 0.1) is 12.7 Å². The van der Waals surface area contributed by atoms with Gasteiger partial charge in [-0.25, -0.2) is 4.39 Å². The van der Waals surface area contributed by atoms with Crippen LogP contribution >= 0.6 is 0 Å². The van der Waals surface area contributed by atoms with Crippen molar-refractivity contribution in [3.8, 4) is 11.5 Å². The van der Waals surface area contributed by atoms with Crippen molar-refractivity contribution >= 4 is 5.97 Å². The fraction of sp³-hybridized carbons (Fsp3) is 0.278. The highest BCUT2D eigenvalue weighted by Gasteiger charge is 2.23. The number of aryl methyl sites for hydroxylation is 1. The molecular formula is C18H19FO4. The summed E-state index contributed by atoms with van der Waals surface area (Å²) in [6.07, 6.45) is 0.284. The number of carboxylic acid groups (broad SMARTS) is 1. The van der Waals surface area contributed by atoms with Crippen LogP contribution in [0.4, 0.5) is 4.39 Å². The minimum absolute atomic E-state index is 0.208. The predicted octanol–water partition coefficient (Wildman–Crippen LogP) is 3.78. The Morgan fingerprint density at radius 3 is 2.52 bits per heavy atom. The van der Waals surface area contributed by atoms with E-state index in [0.29, 0.717) is 17.1 Å². The molecule has 5 heteroatoms. The van der Waals surface area contributed by atoms with Gasteiger partial charge in [-0.3, -0.25) is 4.79 Å². The molecule has 0 aromatic heterocycles. The molecule has 4 nitrogen and oxygen atoms in total. The lowest BCUT2D eigenvalue weighted by molar-refractivity contribution is -0.139. The number of hydrogen-bond acceptors (Lipinski definition) is 3. The number of hydrogen-bond donors (Lipinski definition) is 1. The SMILES string of the molecule is COc1ccc(C)cc1C(CCOc1ccc(F)cc1)C(=O)O. The third kappa shape index (κ3) is 4.45. The van der Waals surface area contributed by atoms with Gasteiger partial charge in [0.05, 0.1) is 19.6 Å². The van der Waals surface area contributed by atoms with Gasteiger partial charge in [0.1, 0.15) is 17.3 Å². The number of carboxylic acids is 1. The fourth-order valence-electron chi connectivity index (χ4n) is 2.36. The maximum absolute atomic E-state index is 12.8. The molecule has 0 spiro atoms. The van der Waals surface area contributed by atoms with Gasteiger partial charge in [0, 0.05) is 5.56 Å². The molecule has 122 valence electrons. The molecule has 1 N–H and O–H groups in total. The molecule has 2 rings (SSSR count). The Labute approximate surface area is 134 Å². The van der Waals surface area contributed by atoms with Gasteiger partial charge < -0.3 is 14.6 Å². The molecule has 0 amide bonds. The Bertz CT molecular complexity index is 667. The highest BCUT2D eigenvalue weighted by atomic mass is 19.1. The summed E-state index contributed by atoms with van der Waals surface area (Å²) >= 11 is 0. The van der Waals surface area contributed by atoms with Crippen molar-refractivity contribution in [1.82, 2.24) is 0 Å². The van der Waals surface area contributed by atoms with E-state index in [1.54, 1.807) is 6.07 Å². The molecule has 0 aliphatic heterocycles. The number of benzene rings is 2. The number of aliphatic carboxylic acids is 1. The first kappa shape index (κ1) is 16.8. The number of rotatable bonds is 7. The number of ether oxygens (including phenoxy) is 2. The largest absolute Gasteiger partial charge is 0.496 e. The van der Waals surface area contributed by atoms with Gasteiger partial charge in [-0.05, 0) is 43.7 Å². The first-order valence-electron chi connectivity index (χ1n) is 7.27. The van der Waals surface area contributed by atoms with E-state index in [1.807, 2.05) is 19.1 Å². The van der Waals surface area contributed by atoms with Gasteiger partial charge in [0.15, 0.2) is 0 Å². The fourth-order valence-corrected chi connectivity index (χ4v) is 2.36. The summed E-state index contributed by atoms with van der Waals surface area (Å²) in [7, 11) is 1.52. The number of halogens is 1. The Hall–Kier alpha value is -2.56. The molecule has 0 heterocycles. The zero-order valence-electron chi connectivity index (χ0n) is 13.1. The molecule has 0 radical (unpaired) electrons. The maximum atomic E-state index is 12.8. The van der Waals surface area contributed by atoms with Crippen molar-refractivity contribution in [2.24, 2.45) is 0 Å². The van der Waals surface area contributed by atoms with E-state index in [9.17, 15) is 14.3 Å². The summed E-state index contributed by atoms with van der Waals surface area (Å²) in [6, 6.07) is 11.1. The normalized spacial score (nSPS) is 11.8. The van der Waals surface area contributed by atoms with Gasteiger partial charge >= 0.3 is 5.97 Å². The van der Waals surface area contributed by atoms with E-state index < -0.39 is 11.9 Å². The summed E-state index contributed by atoms with van der Waals surface area (Å²) in [5, 5.41) is 9.51. The van der Waals surface area contributed by atoms with Crippen LogP contribution in [0.1, 0.15) is 23.5 Å². The van der Waals surface area contributed by atoms with E-state index in [-0.39, 0.29) is 18.8 Å². The van der Waals surface area contributed by atoms with E-state index in [0.717, 1.165) is 5.56 Å². The van der Waals surface area contributed by atoms with Crippen LogP contribution in [0.25, 0.3) is 0 Å². The second kappa shape index (κ2) is 7.63. The summed E-state index contributed by atoms with van der Waals surface area (Å²) in [5.74, 6) is -0.955. The van der Waals surface area contributed by atoms with Crippen molar-refractivity contribution < 1.29 is 23.8 Å². The smallest absolute Gasteiger partial charge is 0.311 e. The molecule has 2 aromatic rings. The van der Waals surface area contributed by atoms with Crippen LogP contribution in [0.2, 0.25) is 0 Å². The third-order valence-electron chi connectivity index (χ3n) is 3.55. The minimum atomic E-state index is -0.934. The molecule has 0 bridgehead atoms. The molecule has 1 unspecified atom stereocenters. The lowest BCUT2D eigenvalue weighted by Gasteiger charge is -2.17. The second-order valence-electron chi connectivity index (χ2n) is 5.23. The monoisotopic (exact) mass is 318 g/mol. The Balaban J connectivity index is 2.09. The first-order valence-corrected chi connectivity index (χ1v) is 7.27. The zero-order valence-corrected chi connectivity index (χ0v) is 13.1. The number of methoxy groups -OCH3 is 1. The average molecular weight is 318 g/mol. The third-order valence-corrected chi connectivity index (χ3v) is 3.55. The van der Waals surface area contributed by atoms with Crippen molar-refractivity contribution in [3.05, 3.63) is 59.4 Å². The lowest BCUT2D eigenvalue weighted by atomic mass is 9.94. The Morgan fingerprint density at radius 1 is 1.22 bits per heavy atom. The topological polar surface area (TPSA) is 55.8 Å². The number of carbonyl (C=O) groups is 1. The predicted molar refractivity (Wildman–Crippen MR) is 84.6 cm³/mol. The Kier molecular flexibility index (Phi) is 5.57. The van der Waals surface area contributed by atoms with Crippen LogP contribution in [0.15, 0.2) is 42.5 Å². The van der Waals surface area contributed by atoms with Crippen LogP contribution in [0.3, 0.4) is 0 Å². The molecule has 0 saturated carbocycles. The molecule has 1 atom stereocenters. The van der Waals surface area contributed by atoms with Gasteiger partial charge in [0.25, 0.3) is 0 Å². The van der Waals surface area contributed by atoms with E-state index in [1.165, 1.54) is 31.4 Å². The first-order chi connectivity index (χ1) is 11.0. The highest BCUT2D eigenvalue weighted by molar-refractivity contribution is 5.77. The molecule has 0 saturated heterocycles. The van der Waals surface area contributed by atoms with Crippen molar-refractivity contribution in [3.63, 3.8) is 0 Å². The van der Waals surface area contributed by atoms with Crippen LogP contribution in [0.5, 0.6) is 11.5 Å². The molecule has 2 aromatic carbocycles. The van der Waals surface area contributed by atoms with Gasteiger partial charge in [-0.1, -0.05) is 17.7 Å². The Morgan fingerprint density at radius 2 is 1.91 bits per heavy atom. The second-order valence-corrected chi connectivity index (χ2v) is 5.23. The molecule has 0 aliphatic carbocycles. The van der Waals surface area contributed by atoms with E-state index >= 15 is 0 Å². The van der Waals surface area contributed by atoms with Crippen LogP contribution < -0.4 is 9.47 Å². The van der Waals surface area contributed by atoms with Crippen molar-refractivity contribution in [2.45, 2.75) is 19.3 Å². The standard InChI is InChI=1S/C18H19FO4/c1-12-3-8-17(22-2)16(11-12)15(18(20)21)9-10-23-14-6-4-13(19)5-7-14/h3-8,11,15H,9-10H2,1-2H3,(H,20,21). The molecule has 0 fully saturated rings. The molecule has 0 aliphatic rings. The summed E-state index contributed by atoms with van der Waals surface area (Å²) in [6.45, 7) is 2.11. The molecular weight excluding hydrogens is 299 g/mol. The van der Waals surface area contributed by atoms with Crippen molar-refractivity contribution in [2.75, 3.05) is 13.7 Å². The lowest BCUT2D eigenvalue weighted by Crippen LogP contribution is -2.16. The summed E-state index contributed by atoms with van der Waals surface area (Å²) in [4.78, 5) is 11.6. The van der Waals surface area contributed by atoms with Gasteiger partial charge in [0.2, 0.25) is 0 Å². The summed E-state index contributed by atoms with van der Waals surface area (Å²) < 4.78 is 23.6. The van der Waals surface area contributed by atoms with Crippen LogP contribution in [-0.2, 0) is 4.79 Å². The quantitative estimate of drug-likeness (QED) is 0.844. The minimum Gasteiger partial charge on any atom is -0.496 e.